The molecule has 1 saturated heterocycles. The molecule has 10 heteroatoms. The second-order valence-electron chi connectivity index (χ2n) is 8.72. The molecule has 35 heavy (non-hydrogen) atoms. The molecule has 0 aliphatic carbocycles. The number of rotatable bonds is 6. The summed E-state index contributed by atoms with van der Waals surface area (Å²) in [5.41, 5.74) is 3.10. The van der Waals surface area contributed by atoms with Crippen LogP contribution in [0.15, 0.2) is 47.1 Å². The summed E-state index contributed by atoms with van der Waals surface area (Å²) in [6.45, 7) is 3.40. The molecular weight excluding hydrogens is 442 g/mol. The standard InChI is InChI=1S/C25H27N9O/c1-17-14-24(31-30-17)28-23-15-18(8-6-12-33(2)3)27-25(29-23)34-13-7-10-21(34)22-16-20(32-35-22)19-9-4-5-11-26-19/h4-5,9,11,14-16,21H,7,10,12-13H2,1-3H3,(H2,27,28,29,30,31)/t21-/m0/s1. The minimum Gasteiger partial charge on any atom is -0.358 e. The van der Waals surface area contributed by atoms with Crippen molar-refractivity contribution in [2.75, 3.05) is 37.4 Å². The number of anilines is 3. The van der Waals surface area contributed by atoms with Gasteiger partial charge in [-0.25, -0.2) is 4.98 Å². The number of pyridine rings is 1. The lowest BCUT2D eigenvalue weighted by Crippen LogP contribution is -2.25. The van der Waals surface area contributed by atoms with Crippen LogP contribution in [0.2, 0.25) is 0 Å². The smallest absolute Gasteiger partial charge is 0.229 e. The fraction of sp³-hybridized carbons (Fsp3) is 0.320. The Morgan fingerprint density at radius 1 is 1.17 bits per heavy atom. The first-order valence-electron chi connectivity index (χ1n) is 11.5. The third-order valence-corrected chi connectivity index (χ3v) is 5.58. The normalized spacial score (nSPS) is 15.3. The topological polar surface area (TPSA) is 112 Å². The summed E-state index contributed by atoms with van der Waals surface area (Å²) in [6, 6.07) is 11.4. The van der Waals surface area contributed by atoms with Gasteiger partial charge in [0.15, 0.2) is 11.6 Å². The molecule has 178 valence electrons. The summed E-state index contributed by atoms with van der Waals surface area (Å²) >= 11 is 0. The van der Waals surface area contributed by atoms with Crippen LogP contribution in [0.4, 0.5) is 17.6 Å². The fourth-order valence-electron chi connectivity index (χ4n) is 3.98. The number of aromatic nitrogens is 6. The minimum atomic E-state index is -0.0228. The second-order valence-corrected chi connectivity index (χ2v) is 8.72. The van der Waals surface area contributed by atoms with Crippen molar-refractivity contribution >= 4 is 17.6 Å². The molecule has 0 unspecified atom stereocenters. The maximum Gasteiger partial charge on any atom is 0.229 e. The van der Waals surface area contributed by atoms with Crippen molar-refractivity contribution in [1.29, 1.82) is 0 Å². The minimum absolute atomic E-state index is 0.0228. The lowest BCUT2D eigenvalue weighted by atomic mass is 10.1. The number of H-pyrrole nitrogens is 1. The Balaban J connectivity index is 1.46. The number of hydrogen-bond acceptors (Lipinski definition) is 9. The van der Waals surface area contributed by atoms with Gasteiger partial charge in [0, 0.05) is 36.6 Å². The van der Waals surface area contributed by atoms with Crippen LogP contribution in [-0.2, 0) is 0 Å². The van der Waals surface area contributed by atoms with Crippen molar-refractivity contribution < 1.29 is 4.52 Å². The summed E-state index contributed by atoms with van der Waals surface area (Å²) in [7, 11) is 3.97. The monoisotopic (exact) mass is 469 g/mol. The predicted molar refractivity (Wildman–Crippen MR) is 133 cm³/mol. The third-order valence-electron chi connectivity index (χ3n) is 5.58. The Labute approximate surface area is 203 Å². The van der Waals surface area contributed by atoms with Crippen LogP contribution in [0, 0.1) is 18.8 Å². The number of hydrogen-bond donors (Lipinski definition) is 2. The largest absolute Gasteiger partial charge is 0.358 e. The van der Waals surface area contributed by atoms with E-state index in [9.17, 15) is 0 Å². The van der Waals surface area contributed by atoms with Gasteiger partial charge >= 0.3 is 0 Å². The van der Waals surface area contributed by atoms with E-state index in [0.29, 0.717) is 35.5 Å². The first-order valence-corrected chi connectivity index (χ1v) is 11.5. The van der Waals surface area contributed by atoms with E-state index in [1.807, 2.05) is 62.3 Å². The molecule has 1 aliphatic rings. The Morgan fingerprint density at radius 3 is 2.86 bits per heavy atom. The molecule has 4 aromatic rings. The van der Waals surface area contributed by atoms with Crippen molar-refractivity contribution in [3.05, 3.63) is 59.7 Å². The molecule has 0 bridgehead atoms. The van der Waals surface area contributed by atoms with Gasteiger partial charge in [0.05, 0.1) is 18.3 Å². The van der Waals surface area contributed by atoms with Gasteiger partial charge in [-0.1, -0.05) is 17.1 Å². The zero-order chi connectivity index (χ0) is 24.2. The third kappa shape index (κ3) is 5.31. The molecule has 0 saturated carbocycles. The Kier molecular flexibility index (Phi) is 6.41. The van der Waals surface area contributed by atoms with Gasteiger partial charge in [-0.3, -0.25) is 15.0 Å². The van der Waals surface area contributed by atoms with E-state index in [1.165, 1.54) is 0 Å². The van der Waals surface area contributed by atoms with Crippen molar-refractivity contribution in [2.45, 2.75) is 25.8 Å². The Bertz CT molecular complexity index is 1350. The van der Waals surface area contributed by atoms with Crippen LogP contribution in [-0.4, -0.2) is 62.4 Å². The summed E-state index contributed by atoms with van der Waals surface area (Å²) in [5.74, 6) is 9.01. The van der Waals surface area contributed by atoms with Gasteiger partial charge in [-0.05, 0) is 51.9 Å². The predicted octanol–water partition coefficient (Wildman–Crippen LogP) is 3.56. The zero-order valence-corrected chi connectivity index (χ0v) is 20.0. The average Bonchev–Trinajstić information content (AvgIpc) is 3.60. The Hall–Kier alpha value is -4.23. The summed E-state index contributed by atoms with van der Waals surface area (Å²) in [4.78, 5) is 18.1. The second kappa shape index (κ2) is 9.95. The molecular formula is C25H27N9O. The van der Waals surface area contributed by atoms with Crippen molar-refractivity contribution in [3.63, 3.8) is 0 Å². The van der Waals surface area contributed by atoms with E-state index in [-0.39, 0.29) is 6.04 Å². The van der Waals surface area contributed by atoms with Gasteiger partial charge in [-0.15, -0.1) is 0 Å². The molecule has 2 N–H and O–H groups in total. The average molecular weight is 470 g/mol. The van der Waals surface area contributed by atoms with Gasteiger partial charge in [0.25, 0.3) is 0 Å². The van der Waals surface area contributed by atoms with Crippen molar-refractivity contribution in [2.24, 2.45) is 0 Å². The Morgan fingerprint density at radius 2 is 2.09 bits per heavy atom. The highest BCUT2D eigenvalue weighted by molar-refractivity contribution is 5.57. The highest BCUT2D eigenvalue weighted by atomic mass is 16.5. The number of nitrogens with zero attached hydrogens (tertiary/aromatic N) is 7. The lowest BCUT2D eigenvalue weighted by molar-refractivity contribution is 0.362. The van der Waals surface area contributed by atoms with E-state index >= 15 is 0 Å². The van der Waals surface area contributed by atoms with Gasteiger partial charge in [0.1, 0.15) is 17.2 Å². The van der Waals surface area contributed by atoms with Crippen molar-refractivity contribution in [3.8, 4) is 23.2 Å². The fourth-order valence-corrected chi connectivity index (χ4v) is 3.98. The van der Waals surface area contributed by atoms with E-state index in [2.05, 4.69) is 42.4 Å². The molecule has 4 aromatic heterocycles. The van der Waals surface area contributed by atoms with Crippen molar-refractivity contribution in [1.82, 2.24) is 35.2 Å². The number of aryl methyl sites for hydroxylation is 1. The van der Waals surface area contributed by atoms with Gasteiger partial charge in [0.2, 0.25) is 5.95 Å². The molecule has 0 radical (unpaired) electrons. The molecule has 0 aromatic carbocycles. The van der Waals surface area contributed by atoms with E-state index in [1.54, 1.807) is 6.20 Å². The van der Waals surface area contributed by atoms with Crippen LogP contribution in [0.3, 0.4) is 0 Å². The van der Waals surface area contributed by atoms with E-state index < -0.39 is 0 Å². The molecule has 10 nitrogen and oxygen atoms in total. The highest BCUT2D eigenvalue weighted by Crippen LogP contribution is 2.36. The number of nitrogens with one attached hydrogen (secondary N) is 2. The van der Waals surface area contributed by atoms with E-state index in [4.69, 9.17) is 14.5 Å². The lowest BCUT2D eigenvalue weighted by Gasteiger charge is -2.23. The van der Waals surface area contributed by atoms with Crippen LogP contribution in [0.25, 0.3) is 11.4 Å². The molecule has 1 fully saturated rings. The molecule has 1 atom stereocenters. The van der Waals surface area contributed by atoms with Crippen LogP contribution in [0.5, 0.6) is 0 Å². The molecule has 0 amide bonds. The van der Waals surface area contributed by atoms with Crippen LogP contribution in [0.1, 0.15) is 36.0 Å². The van der Waals surface area contributed by atoms with Gasteiger partial charge in [-0.2, -0.15) is 10.1 Å². The maximum absolute atomic E-state index is 5.75. The van der Waals surface area contributed by atoms with Gasteiger partial charge < -0.3 is 14.7 Å². The summed E-state index contributed by atoms with van der Waals surface area (Å²) < 4.78 is 5.75. The molecule has 1 aliphatic heterocycles. The molecule has 5 heterocycles. The SMILES string of the molecule is Cc1cc(Nc2cc(C#CCN(C)C)nc(N3CCC[C@H]3c3cc(-c4ccccn4)no3)n2)n[nH]1. The first-order chi connectivity index (χ1) is 17.0. The first kappa shape index (κ1) is 22.6. The number of aromatic amines is 1. The summed E-state index contributed by atoms with van der Waals surface area (Å²) in [5, 5.41) is 14.7. The molecule has 0 spiro atoms. The van der Waals surface area contributed by atoms with E-state index in [0.717, 1.165) is 36.5 Å². The highest BCUT2D eigenvalue weighted by Gasteiger charge is 2.32. The van der Waals surface area contributed by atoms with Crippen LogP contribution < -0.4 is 10.2 Å². The quantitative estimate of drug-likeness (QED) is 0.409. The summed E-state index contributed by atoms with van der Waals surface area (Å²) in [6.07, 6.45) is 3.65. The molecule has 5 rings (SSSR count). The van der Waals surface area contributed by atoms with Crippen LogP contribution >= 0.6 is 0 Å². The maximum atomic E-state index is 5.75. The zero-order valence-electron chi connectivity index (χ0n) is 20.0.